The molecule has 1 aliphatic heterocycles. The van der Waals surface area contributed by atoms with Crippen LogP contribution in [0, 0.1) is 12.8 Å². The van der Waals surface area contributed by atoms with Gasteiger partial charge in [-0.05, 0) is 38.2 Å². The Morgan fingerprint density at radius 1 is 1.33 bits per heavy atom. The van der Waals surface area contributed by atoms with Gasteiger partial charge in [-0.25, -0.2) is 5.43 Å². The molecule has 0 bridgehead atoms. The second-order valence-electron chi connectivity index (χ2n) is 9.11. The van der Waals surface area contributed by atoms with Crippen molar-refractivity contribution in [1.82, 2.24) is 15.8 Å². The van der Waals surface area contributed by atoms with Gasteiger partial charge in [0.15, 0.2) is 0 Å². The molecule has 1 fully saturated rings. The molecule has 1 aromatic carbocycles. The topological polar surface area (TPSA) is 114 Å². The van der Waals surface area contributed by atoms with Gasteiger partial charge in [-0.15, -0.1) is 6.58 Å². The number of rotatable bonds is 10. The van der Waals surface area contributed by atoms with Crippen LogP contribution in [0.4, 0.5) is 0 Å². The van der Waals surface area contributed by atoms with E-state index in [9.17, 15) is 14.4 Å². The van der Waals surface area contributed by atoms with Crippen LogP contribution in [0.15, 0.2) is 36.9 Å². The highest BCUT2D eigenvalue weighted by molar-refractivity contribution is 5.90. The number of aryl methyl sites for hydroxylation is 1. The highest BCUT2D eigenvalue weighted by atomic mass is 16.5. The van der Waals surface area contributed by atoms with Crippen molar-refractivity contribution in [2.24, 2.45) is 11.7 Å². The van der Waals surface area contributed by atoms with Crippen LogP contribution in [0.5, 0.6) is 0 Å². The van der Waals surface area contributed by atoms with E-state index in [1.165, 1.54) is 5.01 Å². The third-order valence-electron chi connectivity index (χ3n) is 5.71. The molecule has 0 unspecified atom stereocenters. The molecular weight excluding hydrogens is 420 g/mol. The summed E-state index contributed by atoms with van der Waals surface area (Å²) in [5.74, 6) is -1.15. The number of carbonyl (C=O) groups excluding carboxylic acids is 3. The molecule has 182 valence electrons. The van der Waals surface area contributed by atoms with Gasteiger partial charge >= 0.3 is 5.97 Å². The van der Waals surface area contributed by atoms with Gasteiger partial charge in [-0.3, -0.25) is 19.4 Å². The molecule has 0 spiro atoms. The maximum atomic E-state index is 13.5. The summed E-state index contributed by atoms with van der Waals surface area (Å²) < 4.78 is 5.45. The monoisotopic (exact) mass is 458 g/mol. The van der Waals surface area contributed by atoms with Crippen molar-refractivity contribution in [3.8, 4) is 0 Å². The second kappa shape index (κ2) is 12.5. The highest BCUT2D eigenvalue weighted by Gasteiger charge is 2.34. The van der Waals surface area contributed by atoms with E-state index in [0.29, 0.717) is 32.2 Å². The van der Waals surface area contributed by atoms with Crippen LogP contribution in [-0.4, -0.2) is 53.6 Å². The third kappa shape index (κ3) is 7.98. The zero-order chi connectivity index (χ0) is 24.5. The number of ether oxygens (including phenoxy) is 1. The number of hydrazine groups is 1. The molecule has 0 saturated carbocycles. The molecule has 8 heteroatoms. The molecule has 8 nitrogen and oxygen atoms in total. The zero-order valence-electron chi connectivity index (χ0n) is 20.2. The molecular formula is C25H38N4O4. The molecule has 4 atom stereocenters. The standard InChI is InChI=1S/C25H38N4O4/c1-6-9-18(5)33-25(32)20-12-8-13-29(28-20)24(31)21(27-23(30)22(26)16(2)3)15-19-11-7-10-17(4)14-19/h6-7,10-11,14,16,18,20-22,28H,1,8-9,12-13,15,26H2,2-5H3,(H,27,30)/t18-,20+,21+,22+/m1/s1. The quantitative estimate of drug-likeness (QED) is 0.365. The summed E-state index contributed by atoms with van der Waals surface area (Å²) in [5, 5.41) is 4.26. The van der Waals surface area contributed by atoms with Crippen molar-refractivity contribution in [3.05, 3.63) is 48.0 Å². The summed E-state index contributed by atoms with van der Waals surface area (Å²) in [6.45, 7) is 11.6. The largest absolute Gasteiger partial charge is 0.461 e. The van der Waals surface area contributed by atoms with Gasteiger partial charge in [0.2, 0.25) is 5.91 Å². The summed E-state index contributed by atoms with van der Waals surface area (Å²) in [4.78, 5) is 38.7. The smallest absolute Gasteiger partial charge is 0.325 e. The normalized spacial score (nSPS) is 18.8. The Labute approximate surface area is 196 Å². The van der Waals surface area contributed by atoms with Crippen LogP contribution in [0.1, 0.15) is 51.2 Å². The van der Waals surface area contributed by atoms with Crippen molar-refractivity contribution < 1.29 is 19.1 Å². The Bertz CT molecular complexity index is 841. The van der Waals surface area contributed by atoms with Crippen LogP contribution in [0.25, 0.3) is 0 Å². The minimum Gasteiger partial charge on any atom is -0.461 e. The predicted octanol–water partition coefficient (Wildman–Crippen LogP) is 2.01. The van der Waals surface area contributed by atoms with Crippen LogP contribution < -0.4 is 16.5 Å². The van der Waals surface area contributed by atoms with E-state index < -0.39 is 24.1 Å². The molecule has 0 radical (unpaired) electrons. The number of amides is 2. The van der Waals surface area contributed by atoms with Crippen LogP contribution in [-0.2, 0) is 25.5 Å². The minimum atomic E-state index is -0.814. The molecule has 1 heterocycles. The molecule has 2 rings (SSSR count). The van der Waals surface area contributed by atoms with Crippen molar-refractivity contribution in [3.63, 3.8) is 0 Å². The lowest BCUT2D eigenvalue weighted by Crippen LogP contribution is -2.61. The highest BCUT2D eigenvalue weighted by Crippen LogP contribution is 2.15. The summed E-state index contributed by atoms with van der Waals surface area (Å²) in [6, 6.07) is 5.65. The Balaban J connectivity index is 2.15. The number of nitrogens with two attached hydrogens (primary N) is 1. The van der Waals surface area contributed by atoms with E-state index in [1.54, 1.807) is 13.0 Å². The number of nitrogens with one attached hydrogen (secondary N) is 2. The van der Waals surface area contributed by atoms with Gasteiger partial charge in [-0.2, -0.15) is 0 Å². The first kappa shape index (κ1) is 26.5. The Kier molecular flexibility index (Phi) is 10.1. The lowest BCUT2D eigenvalue weighted by Gasteiger charge is -2.35. The van der Waals surface area contributed by atoms with E-state index >= 15 is 0 Å². The van der Waals surface area contributed by atoms with E-state index in [1.807, 2.05) is 45.0 Å². The molecule has 0 aromatic heterocycles. The Morgan fingerprint density at radius 2 is 2.06 bits per heavy atom. The fourth-order valence-corrected chi connectivity index (χ4v) is 3.71. The summed E-state index contributed by atoms with van der Waals surface area (Å²) >= 11 is 0. The number of hydrogen-bond donors (Lipinski definition) is 3. The van der Waals surface area contributed by atoms with Crippen molar-refractivity contribution in [1.29, 1.82) is 0 Å². The zero-order valence-corrected chi connectivity index (χ0v) is 20.2. The Hall–Kier alpha value is -2.71. The summed E-state index contributed by atoms with van der Waals surface area (Å²) in [6.07, 6.45) is 3.50. The van der Waals surface area contributed by atoms with Gasteiger partial charge in [-0.1, -0.05) is 49.8 Å². The number of carbonyl (C=O) groups is 3. The average molecular weight is 459 g/mol. The lowest BCUT2D eigenvalue weighted by atomic mass is 10.0. The van der Waals surface area contributed by atoms with E-state index in [2.05, 4.69) is 17.3 Å². The molecule has 1 saturated heterocycles. The van der Waals surface area contributed by atoms with E-state index in [4.69, 9.17) is 10.5 Å². The number of esters is 1. The lowest BCUT2D eigenvalue weighted by molar-refractivity contribution is -0.156. The van der Waals surface area contributed by atoms with Crippen molar-refractivity contribution >= 4 is 17.8 Å². The predicted molar refractivity (Wildman–Crippen MR) is 128 cm³/mol. The molecule has 2 amide bonds. The fraction of sp³-hybridized carbons (Fsp3) is 0.560. The third-order valence-corrected chi connectivity index (χ3v) is 5.71. The van der Waals surface area contributed by atoms with Gasteiger partial charge in [0, 0.05) is 19.4 Å². The molecule has 1 aliphatic rings. The van der Waals surface area contributed by atoms with E-state index in [0.717, 1.165) is 11.1 Å². The second-order valence-corrected chi connectivity index (χ2v) is 9.11. The first-order valence-corrected chi connectivity index (χ1v) is 11.6. The number of hydrogen-bond acceptors (Lipinski definition) is 6. The molecule has 4 N–H and O–H groups in total. The van der Waals surface area contributed by atoms with Gasteiger partial charge < -0.3 is 15.8 Å². The van der Waals surface area contributed by atoms with Gasteiger partial charge in [0.25, 0.3) is 5.91 Å². The maximum Gasteiger partial charge on any atom is 0.325 e. The number of benzene rings is 1. The number of nitrogens with zero attached hydrogens (tertiary/aromatic N) is 1. The molecule has 1 aromatic rings. The van der Waals surface area contributed by atoms with Gasteiger partial charge in [0.05, 0.1) is 6.04 Å². The summed E-state index contributed by atoms with van der Waals surface area (Å²) in [5.41, 5.74) is 11.0. The van der Waals surface area contributed by atoms with Gasteiger partial charge in [0.1, 0.15) is 18.2 Å². The fourth-order valence-electron chi connectivity index (χ4n) is 3.71. The Morgan fingerprint density at radius 3 is 2.70 bits per heavy atom. The van der Waals surface area contributed by atoms with Crippen molar-refractivity contribution in [2.45, 2.75) is 77.6 Å². The average Bonchev–Trinajstić information content (AvgIpc) is 2.77. The molecule has 0 aliphatic carbocycles. The first-order valence-electron chi connectivity index (χ1n) is 11.6. The minimum absolute atomic E-state index is 0.0652. The van der Waals surface area contributed by atoms with E-state index in [-0.39, 0.29) is 23.8 Å². The first-order chi connectivity index (χ1) is 15.6. The SMILES string of the molecule is C=CC[C@@H](C)OC(=O)[C@@H]1CCCN(C(=O)[C@H](Cc2cccc(C)c2)NC(=O)[C@@H](N)C(C)C)N1. The maximum absolute atomic E-state index is 13.5. The van der Waals surface area contributed by atoms with Crippen LogP contribution >= 0.6 is 0 Å². The van der Waals surface area contributed by atoms with Crippen LogP contribution in [0.3, 0.4) is 0 Å². The molecule has 33 heavy (non-hydrogen) atoms. The summed E-state index contributed by atoms with van der Waals surface area (Å²) in [7, 11) is 0. The van der Waals surface area contributed by atoms with Crippen molar-refractivity contribution in [2.75, 3.05) is 6.54 Å². The van der Waals surface area contributed by atoms with Crippen LogP contribution in [0.2, 0.25) is 0 Å².